The smallest absolute Gasteiger partial charge is 0.325 e. The van der Waals surface area contributed by atoms with Crippen LogP contribution in [0.15, 0.2) is 29.2 Å². The third-order valence-electron chi connectivity index (χ3n) is 2.39. The first kappa shape index (κ1) is 17.4. The first-order valence-corrected chi connectivity index (χ1v) is 7.77. The van der Waals surface area contributed by atoms with E-state index in [9.17, 15) is 18.0 Å². The molecule has 1 aromatic rings. The standard InChI is InChI=1S/C12H15ClN2O5S/c1-8(16)15-9-3-5-10(6-4-9)21(18,19)14-7-11(13)12(17)20-2/h3-6,11,14H,7H2,1-2H3,(H,15,16). The molecule has 0 bridgehead atoms. The van der Waals surface area contributed by atoms with Crippen LogP contribution >= 0.6 is 11.6 Å². The lowest BCUT2D eigenvalue weighted by atomic mass is 10.3. The van der Waals surface area contributed by atoms with E-state index in [2.05, 4.69) is 14.8 Å². The highest BCUT2D eigenvalue weighted by atomic mass is 35.5. The predicted molar refractivity (Wildman–Crippen MR) is 77.6 cm³/mol. The summed E-state index contributed by atoms with van der Waals surface area (Å²) < 4.78 is 30.5. The number of esters is 1. The largest absolute Gasteiger partial charge is 0.468 e. The minimum absolute atomic E-state index is 0.00895. The van der Waals surface area contributed by atoms with Gasteiger partial charge < -0.3 is 10.1 Å². The van der Waals surface area contributed by atoms with Crippen LogP contribution in [0, 0.1) is 0 Å². The van der Waals surface area contributed by atoms with Gasteiger partial charge in [-0.3, -0.25) is 9.59 Å². The number of nitrogens with one attached hydrogen (secondary N) is 2. The molecule has 7 nitrogen and oxygen atoms in total. The molecule has 0 spiro atoms. The van der Waals surface area contributed by atoms with E-state index < -0.39 is 21.4 Å². The van der Waals surface area contributed by atoms with Crippen LogP contribution in [-0.4, -0.2) is 39.3 Å². The fourth-order valence-corrected chi connectivity index (χ4v) is 2.70. The zero-order chi connectivity index (χ0) is 16.0. The quantitative estimate of drug-likeness (QED) is 0.589. The Morgan fingerprint density at radius 2 is 1.86 bits per heavy atom. The van der Waals surface area contributed by atoms with Crippen molar-refractivity contribution in [2.75, 3.05) is 19.0 Å². The highest BCUT2D eigenvalue weighted by molar-refractivity contribution is 7.89. The van der Waals surface area contributed by atoms with Gasteiger partial charge in [0, 0.05) is 19.2 Å². The molecule has 0 aliphatic heterocycles. The Labute approximate surface area is 127 Å². The van der Waals surface area contributed by atoms with Gasteiger partial charge in [0.2, 0.25) is 15.9 Å². The number of carbonyl (C=O) groups is 2. The lowest BCUT2D eigenvalue weighted by Crippen LogP contribution is -2.34. The van der Waals surface area contributed by atoms with Crippen molar-refractivity contribution < 1.29 is 22.7 Å². The molecule has 0 aliphatic rings. The molecule has 1 atom stereocenters. The zero-order valence-electron chi connectivity index (χ0n) is 11.4. The van der Waals surface area contributed by atoms with Gasteiger partial charge in [-0.05, 0) is 24.3 Å². The Morgan fingerprint density at radius 3 is 2.33 bits per heavy atom. The van der Waals surface area contributed by atoms with E-state index in [-0.39, 0.29) is 17.3 Å². The first-order chi connectivity index (χ1) is 9.76. The molecule has 1 unspecified atom stereocenters. The minimum atomic E-state index is -3.80. The number of anilines is 1. The molecule has 2 N–H and O–H groups in total. The molecule has 116 valence electrons. The average Bonchev–Trinajstić information content (AvgIpc) is 2.44. The molecule has 0 saturated heterocycles. The lowest BCUT2D eigenvalue weighted by molar-refractivity contribution is -0.140. The number of amides is 1. The first-order valence-electron chi connectivity index (χ1n) is 5.85. The molecule has 0 aromatic heterocycles. The van der Waals surface area contributed by atoms with Gasteiger partial charge in [-0.2, -0.15) is 0 Å². The summed E-state index contributed by atoms with van der Waals surface area (Å²) in [7, 11) is -2.64. The predicted octanol–water partition coefficient (Wildman–Crippen LogP) is 0.704. The van der Waals surface area contributed by atoms with Crippen LogP contribution in [-0.2, 0) is 24.3 Å². The van der Waals surface area contributed by atoms with E-state index in [0.717, 1.165) is 7.11 Å². The minimum Gasteiger partial charge on any atom is -0.468 e. The third-order valence-corrected chi connectivity index (χ3v) is 4.17. The number of sulfonamides is 1. The van der Waals surface area contributed by atoms with Gasteiger partial charge in [0.05, 0.1) is 12.0 Å². The molecule has 1 amide bonds. The fraction of sp³-hybridized carbons (Fsp3) is 0.333. The molecule has 1 rings (SSSR count). The maximum Gasteiger partial charge on any atom is 0.325 e. The Morgan fingerprint density at radius 1 is 1.29 bits per heavy atom. The summed E-state index contributed by atoms with van der Waals surface area (Å²) in [6, 6.07) is 5.56. The average molecular weight is 335 g/mol. The summed E-state index contributed by atoms with van der Waals surface area (Å²) >= 11 is 5.66. The second-order valence-corrected chi connectivity index (χ2v) is 6.34. The van der Waals surface area contributed by atoms with Crippen molar-refractivity contribution in [1.82, 2.24) is 4.72 Å². The number of benzene rings is 1. The van der Waals surface area contributed by atoms with Crippen molar-refractivity contribution in [2.24, 2.45) is 0 Å². The van der Waals surface area contributed by atoms with E-state index in [1.54, 1.807) is 0 Å². The number of hydrogen-bond acceptors (Lipinski definition) is 5. The van der Waals surface area contributed by atoms with Gasteiger partial charge in [-0.25, -0.2) is 13.1 Å². The molecule has 0 fully saturated rings. The van der Waals surface area contributed by atoms with E-state index in [0.29, 0.717) is 5.69 Å². The molecule has 9 heteroatoms. The summed E-state index contributed by atoms with van der Waals surface area (Å²) in [4.78, 5) is 21.9. The van der Waals surface area contributed by atoms with Crippen molar-refractivity contribution in [3.63, 3.8) is 0 Å². The number of alkyl halides is 1. The summed E-state index contributed by atoms with van der Waals surface area (Å²) in [5, 5.41) is 1.41. The molecule has 0 saturated carbocycles. The van der Waals surface area contributed by atoms with Crippen LogP contribution in [0.25, 0.3) is 0 Å². The van der Waals surface area contributed by atoms with E-state index >= 15 is 0 Å². The molecule has 21 heavy (non-hydrogen) atoms. The second kappa shape index (κ2) is 7.39. The fourth-order valence-electron chi connectivity index (χ4n) is 1.40. The van der Waals surface area contributed by atoms with Crippen LogP contribution in [0.3, 0.4) is 0 Å². The maximum atomic E-state index is 12.0. The van der Waals surface area contributed by atoms with Gasteiger partial charge >= 0.3 is 5.97 Å². The topological polar surface area (TPSA) is 102 Å². The van der Waals surface area contributed by atoms with Gasteiger partial charge in [0.15, 0.2) is 0 Å². The second-order valence-electron chi connectivity index (χ2n) is 4.05. The van der Waals surface area contributed by atoms with Gasteiger partial charge in [0.25, 0.3) is 0 Å². The molecule has 0 radical (unpaired) electrons. The van der Waals surface area contributed by atoms with E-state index in [1.165, 1.54) is 31.2 Å². The van der Waals surface area contributed by atoms with E-state index in [4.69, 9.17) is 11.6 Å². The van der Waals surface area contributed by atoms with Crippen molar-refractivity contribution >= 4 is 39.2 Å². The Bertz CT molecular complexity index is 615. The third kappa shape index (κ3) is 5.33. The molecule has 0 heterocycles. The van der Waals surface area contributed by atoms with E-state index in [1.807, 2.05) is 0 Å². The summed E-state index contributed by atoms with van der Waals surface area (Å²) in [6.07, 6.45) is 0. The lowest BCUT2D eigenvalue weighted by Gasteiger charge is -2.10. The highest BCUT2D eigenvalue weighted by Crippen LogP contribution is 2.14. The van der Waals surface area contributed by atoms with Crippen LogP contribution in [0.4, 0.5) is 5.69 Å². The van der Waals surface area contributed by atoms with Crippen LogP contribution in [0.5, 0.6) is 0 Å². The Hall–Kier alpha value is -1.64. The summed E-state index contributed by atoms with van der Waals surface area (Å²) in [6.45, 7) is 1.06. The molecular weight excluding hydrogens is 320 g/mol. The van der Waals surface area contributed by atoms with Gasteiger partial charge in [0.1, 0.15) is 5.38 Å². The maximum absolute atomic E-state index is 12.0. The van der Waals surface area contributed by atoms with Crippen molar-refractivity contribution in [3.8, 4) is 0 Å². The number of hydrogen-bond donors (Lipinski definition) is 2. The van der Waals surface area contributed by atoms with Crippen molar-refractivity contribution in [1.29, 1.82) is 0 Å². The SMILES string of the molecule is COC(=O)C(Cl)CNS(=O)(=O)c1ccc(NC(C)=O)cc1. The van der Waals surface area contributed by atoms with Crippen LogP contribution < -0.4 is 10.0 Å². The van der Waals surface area contributed by atoms with Crippen molar-refractivity contribution in [3.05, 3.63) is 24.3 Å². The van der Waals surface area contributed by atoms with Gasteiger partial charge in [-0.15, -0.1) is 11.6 Å². The number of carbonyl (C=O) groups excluding carboxylic acids is 2. The summed E-state index contributed by atoms with van der Waals surface area (Å²) in [5.74, 6) is -0.979. The monoisotopic (exact) mass is 334 g/mol. The number of ether oxygens (including phenoxy) is 1. The van der Waals surface area contributed by atoms with Crippen LogP contribution in [0.2, 0.25) is 0 Å². The zero-order valence-corrected chi connectivity index (χ0v) is 13.0. The normalized spacial score (nSPS) is 12.5. The summed E-state index contributed by atoms with van der Waals surface area (Å²) in [5.41, 5.74) is 0.478. The Kier molecular flexibility index (Phi) is 6.13. The highest BCUT2D eigenvalue weighted by Gasteiger charge is 2.20. The number of rotatable bonds is 6. The number of halogens is 1. The molecule has 0 aliphatic carbocycles. The Balaban J connectivity index is 2.74. The van der Waals surface area contributed by atoms with Crippen molar-refractivity contribution in [2.45, 2.75) is 17.2 Å². The molecular formula is C12H15ClN2O5S. The van der Waals surface area contributed by atoms with Gasteiger partial charge in [-0.1, -0.05) is 0 Å². The molecule has 1 aromatic carbocycles. The van der Waals surface area contributed by atoms with Crippen LogP contribution in [0.1, 0.15) is 6.92 Å². The number of methoxy groups -OCH3 is 1.